The molecule has 5 aliphatic rings. The molecule has 5 aliphatic heterocycles. The lowest BCUT2D eigenvalue weighted by atomic mass is 10.0. The number of Topliss-reactive ketones (excluding diaryl/α,β-unsaturated/α-hetero) is 1. The zero-order valence-electron chi connectivity index (χ0n) is 24.9. The lowest BCUT2D eigenvalue weighted by molar-refractivity contribution is -0.0559. The molecule has 1 unspecified atom stereocenters. The summed E-state index contributed by atoms with van der Waals surface area (Å²) in [6.45, 7) is 4.63. The van der Waals surface area contributed by atoms with Crippen molar-refractivity contribution in [3.05, 3.63) is 47.5 Å². The molecule has 44 heavy (non-hydrogen) atoms. The first-order valence-electron chi connectivity index (χ1n) is 15.2. The molecular weight excluding hydrogens is 607 g/mol. The zero-order chi connectivity index (χ0) is 28.8. The Morgan fingerprint density at radius 3 is 2.23 bits per heavy atom. The van der Waals surface area contributed by atoms with Gasteiger partial charge in [0.15, 0.2) is 34.5 Å². The van der Waals surface area contributed by atoms with E-state index < -0.39 is 5.72 Å². The Balaban J connectivity index is 0.000000192. The molecule has 1 fully saturated rings. The predicted octanol–water partition coefficient (Wildman–Crippen LogP) is 4.94. The number of benzene rings is 2. The van der Waals surface area contributed by atoms with Gasteiger partial charge in [0, 0.05) is 37.1 Å². The molecule has 2 N–H and O–H groups in total. The number of ether oxygens (including phenoxy) is 4. The molecule has 0 spiro atoms. The topological polar surface area (TPSA) is 114 Å². The second-order valence-corrected chi connectivity index (χ2v) is 11.1. The third-order valence-electron chi connectivity index (χ3n) is 8.22. The second kappa shape index (κ2) is 15.7. The van der Waals surface area contributed by atoms with Crippen molar-refractivity contribution in [2.75, 3.05) is 52.6 Å². The summed E-state index contributed by atoms with van der Waals surface area (Å²) in [5.74, 6) is 4.87. The van der Waals surface area contributed by atoms with Crippen LogP contribution < -0.4 is 24.3 Å². The lowest BCUT2D eigenvalue weighted by Crippen LogP contribution is -2.46. The fourth-order valence-electron chi connectivity index (χ4n) is 5.90. The van der Waals surface area contributed by atoms with Crippen molar-refractivity contribution in [2.24, 2.45) is 9.98 Å². The Morgan fingerprint density at radius 1 is 0.795 bits per heavy atom. The molecule has 1 saturated heterocycles. The van der Waals surface area contributed by atoms with E-state index in [1.165, 1.54) is 12.8 Å². The number of nitrogens with zero attached hydrogens (tertiary/aromatic N) is 3. The van der Waals surface area contributed by atoms with Crippen LogP contribution in [-0.2, 0) is 5.72 Å². The number of halogens is 2. The molecule has 0 bridgehead atoms. The third kappa shape index (κ3) is 7.71. The van der Waals surface area contributed by atoms with Gasteiger partial charge in [-0.2, -0.15) is 0 Å². The molecule has 0 aromatic heterocycles. The molecule has 0 radical (unpaired) electrons. The minimum Gasteiger partial charge on any atom is -0.486 e. The van der Waals surface area contributed by atoms with Crippen molar-refractivity contribution in [1.29, 1.82) is 0 Å². The normalized spacial score (nSPS) is 21.7. The van der Waals surface area contributed by atoms with E-state index in [2.05, 4.69) is 20.2 Å². The van der Waals surface area contributed by atoms with Crippen LogP contribution in [0.3, 0.4) is 0 Å². The smallest absolute Gasteiger partial charge is 0.185 e. The van der Waals surface area contributed by atoms with E-state index in [4.69, 9.17) is 18.9 Å². The Labute approximate surface area is 271 Å². The molecule has 2 aromatic rings. The number of amidine groups is 2. The molecule has 10 nitrogen and oxygen atoms in total. The number of carbonyl (C=O) groups excluding carboxylic acids is 1. The highest BCUT2D eigenvalue weighted by Crippen LogP contribution is 2.39. The average molecular weight is 650 g/mol. The van der Waals surface area contributed by atoms with Crippen LogP contribution >= 0.6 is 24.8 Å². The number of carbonyl (C=O) groups is 1. The van der Waals surface area contributed by atoms with Crippen molar-refractivity contribution in [2.45, 2.75) is 57.1 Å². The number of aliphatic imine (C=N–C) groups is 2. The van der Waals surface area contributed by atoms with Gasteiger partial charge in [0.2, 0.25) is 0 Å². The van der Waals surface area contributed by atoms with Gasteiger partial charge in [-0.25, -0.2) is 0 Å². The molecule has 0 aliphatic carbocycles. The van der Waals surface area contributed by atoms with E-state index in [1.54, 1.807) is 18.2 Å². The molecule has 1 atom stereocenters. The fraction of sp³-hybridized carbons (Fsp3) is 0.531. The van der Waals surface area contributed by atoms with Crippen molar-refractivity contribution in [3.63, 3.8) is 0 Å². The minimum atomic E-state index is -1.03. The Bertz CT molecular complexity index is 1360. The highest BCUT2D eigenvalue weighted by atomic mass is 35.5. The van der Waals surface area contributed by atoms with Crippen LogP contribution in [0.4, 0.5) is 0 Å². The van der Waals surface area contributed by atoms with Crippen LogP contribution in [0, 0.1) is 0 Å². The first-order valence-corrected chi connectivity index (χ1v) is 15.2. The lowest BCUT2D eigenvalue weighted by Gasteiger charge is -2.36. The van der Waals surface area contributed by atoms with Crippen LogP contribution in [0.2, 0.25) is 0 Å². The van der Waals surface area contributed by atoms with E-state index in [0.717, 1.165) is 80.3 Å². The van der Waals surface area contributed by atoms with Crippen molar-refractivity contribution in [1.82, 2.24) is 10.2 Å². The largest absolute Gasteiger partial charge is 0.486 e. The number of aliphatic hydroxyl groups is 1. The second-order valence-electron chi connectivity index (χ2n) is 11.1. The van der Waals surface area contributed by atoms with E-state index >= 15 is 0 Å². The molecule has 2 aromatic carbocycles. The summed E-state index contributed by atoms with van der Waals surface area (Å²) in [5, 5.41) is 14.4. The molecule has 0 amide bonds. The first-order chi connectivity index (χ1) is 20.6. The first kappa shape index (κ1) is 33.7. The standard InChI is InChI=1S/2C16H20N2O3.2ClH/c19-16(11-17-15-4-2-1-3-7-18(15)16)12-5-6-13-14(10-12)21-9-8-20-13;19-13(11-18-16-4-2-1-3-7-17-16)12-5-6-14-15(10-12)21-9-8-20-14;;/h5-6,10,19H,1-4,7-9,11H2;5-6,10H,1-4,7-9,11H2,(H,17,18);2*1H. The van der Waals surface area contributed by atoms with Gasteiger partial charge in [0.05, 0.1) is 18.9 Å². The van der Waals surface area contributed by atoms with E-state index in [-0.39, 0.29) is 37.1 Å². The maximum Gasteiger partial charge on any atom is 0.185 e. The molecule has 5 heterocycles. The number of ketones is 1. The van der Waals surface area contributed by atoms with Gasteiger partial charge in [-0.05, 0) is 56.0 Å². The number of hydrogen-bond donors (Lipinski definition) is 2. The average Bonchev–Trinajstić information content (AvgIpc) is 3.26. The quantitative estimate of drug-likeness (QED) is 0.448. The SMILES string of the molecule is Cl.Cl.O=C(CNC1=NCCCCC1)c1ccc2c(c1)OCCO2.OC1(c2ccc3c(c2)OCCO3)CN=C2CCCCCN21. The van der Waals surface area contributed by atoms with Gasteiger partial charge >= 0.3 is 0 Å². The summed E-state index contributed by atoms with van der Waals surface area (Å²) in [6, 6.07) is 11.1. The highest BCUT2D eigenvalue weighted by molar-refractivity contribution is 6.00. The van der Waals surface area contributed by atoms with Crippen molar-refractivity contribution >= 4 is 42.3 Å². The maximum absolute atomic E-state index is 12.2. The number of rotatable bonds is 4. The predicted molar refractivity (Wildman–Crippen MR) is 174 cm³/mol. The fourth-order valence-corrected chi connectivity index (χ4v) is 5.90. The summed E-state index contributed by atoms with van der Waals surface area (Å²) >= 11 is 0. The van der Waals surface area contributed by atoms with Gasteiger partial charge in [-0.15, -0.1) is 24.8 Å². The minimum absolute atomic E-state index is 0. The maximum atomic E-state index is 12.2. The van der Waals surface area contributed by atoms with Crippen LogP contribution in [0.1, 0.15) is 67.3 Å². The summed E-state index contributed by atoms with van der Waals surface area (Å²) in [5.41, 5.74) is 0.448. The Kier molecular flexibility index (Phi) is 12.0. The zero-order valence-corrected chi connectivity index (χ0v) is 26.6. The van der Waals surface area contributed by atoms with E-state index in [9.17, 15) is 9.90 Å². The molecule has 0 saturated carbocycles. The van der Waals surface area contributed by atoms with E-state index in [0.29, 0.717) is 50.0 Å². The number of fused-ring (bicyclic) bond motifs is 3. The highest BCUT2D eigenvalue weighted by Gasteiger charge is 2.43. The molecule has 12 heteroatoms. The molecule has 240 valence electrons. The van der Waals surface area contributed by atoms with Crippen molar-refractivity contribution in [3.8, 4) is 23.0 Å². The Morgan fingerprint density at radius 2 is 1.45 bits per heavy atom. The number of nitrogens with one attached hydrogen (secondary N) is 1. The van der Waals surface area contributed by atoms with Gasteiger partial charge in [-0.3, -0.25) is 14.8 Å². The van der Waals surface area contributed by atoms with Crippen LogP contribution in [0.5, 0.6) is 23.0 Å². The molecule has 7 rings (SSSR count). The third-order valence-corrected chi connectivity index (χ3v) is 8.22. The van der Waals surface area contributed by atoms with Gasteiger partial charge in [0.1, 0.15) is 32.3 Å². The van der Waals surface area contributed by atoms with Gasteiger partial charge in [-0.1, -0.05) is 18.9 Å². The Hall–Kier alpha value is -3.21. The van der Waals surface area contributed by atoms with Crippen LogP contribution in [-0.4, -0.2) is 80.1 Å². The van der Waals surface area contributed by atoms with E-state index in [1.807, 2.05) is 18.2 Å². The van der Waals surface area contributed by atoms with Crippen LogP contribution in [0.25, 0.3) is 0 Å². The molecular formula is C32H42Cl2N4O6. The summed E-state index contributed by atoms with van der Waals surface area (Å²) < 4.78 is 22.1. The van der Waals surface area contributed by atoms with Crippen LogP contribution in [0.15, 0.2) is 46.4 Å². The van der Waals surface area contributed by atoms with Crippen molar-refractivity contribution < 1.29 is 28.8 Å². The van der Waals surface area contributed by atoms with Gasteiger partial charge < -0.3 is 34.3 Å². The summed E-state index contributed by atoms with van der Waals surface area (Å²) in [4.78, 5) is 23.4. The summed E-state index contributed by atoms with van der Waals surface area (Å²) in [6.07, 6.45) is 8.86. The monoisotopic (exact) mass is 648 g/mol. The van der Waals surface area contributed by atoms with Gasteiger partial charge in [0.25, 0.3) is 0 Å². The number of hydrogen-bond acceptors (Lipinski definition) is 10. The summed E-state index contributed by atoms with van der Waals surface area (Å²) in [7, 11) is 0.